The van der Waals surface area contributed by atoms with Gasteiger partial charge in [0.25, 0.3) is 5.91 Å². The van der Waals surface area contributed by atoms with Gasteiger partial charge in [-0.2, -0.15) is 0 Å². The van der Waals surface area contributed by atoms with E-state index in [1.165, 1.54) is 12.4 Å². The molecule has 8 heteroatoms. The third kappa shape index (κ3) is 3.51. The highest BCUT2D eigenvalue weighted by Crippen LogP contribution is 2.20. The molecule has 1 aromatic heterocycles. The van der Waals surface area contributed by atoms with Crippen LogP contribution in [-0.4, -0.2) is 22.4 Å². The van der Waals surface area contributed by atoms with E-state index in [1.54, 1.807) is 0 Å². The van der Waals surface area contributed by atoms with Crippen molar-refractivity contribution in [2.24, 2.45) is 0 Å². The monoisotopic (exact) mass is 310 g/mol. The lowest BCUT2D eigenvalue weighted by molar-refractivity contribution is 0.102. The third-order valence-electron chi connectivity index (χ3n) is 2.72. The van der Waals surface area contributed by atoms with Crippen LogP contribution in [0.15, 0.2) is 24.5 Å². The number of amides is 1. The van der Waals surface area contributed by atoms with Gasteiger partial charge in [0.05, 0.1) is 18.1 Å². The van der Waals surface area contributed by atoms with Gasteiger partial charge in [0.2, 0.25) is 0 Å². The molecule has 5 nitrogen and oxygen atoms in total. The molecule has 0 saturated heterocycles. The Labute approximate surface area is 124 Å². The summed E-state index contributed by atoms with van der Waals surface area (Å²) in [7, 11) is 0. The maximum absolute atomic E-state index is 13.5. The van der Waals surface area contributed by atoms with Crippen molar-refractivity contribution in [1.82, 2.24) is 9.97 Å². The number of nitrogens with zero attached hydrogens (tertiary/aromatic N) is 2. The van der Waals surface area contributed by atoms with Gasteiger partial charge in [-0.25, -0.2) is 23.1 Å². The molecule has 0 aliphatic heterocycles. The summed E-state index contributed by atoms with van der Waals surface area (Å²) in [5.74, 6) is -4.73. The highest BCUT2D eigenvalue weighted by Gasteiger charge is 2.16. The van der Waals surface area contributed by atoms with E-state index in [1.807, 2.05) is 6.92 Å². The summed E-state index contributed by atoms with van der Waals surface area (Å²) >= 11 is 0. The Morgan fingerprint density at radius 1 is 1.14 bits per heavy atom. The van der Waals surface area contributed by atoms with E-state index in [0.717, 1.165) is 18.6 Å². The fraction of sp³-hybridized carbons (Fsp3) is 0.214. The fourth-order valence-corrected chi connectivity index (χ4v) is 1.60. The van der Waals surface area contributed by atoms with Gasteiger partial charge in [-0.1, -0.05) is 6.92 Å². The first-order valence-electron chi connectivity index (χ1n) is 6.53. The molecule has 0 radical (unpaired) electrons. The number of hydrogen-bond donors (Lipinski definition) is 2. The van der Waals surface area contributed by atoms with Crippen LogP contribution >= 0.6 is 0 Å². The molecule has 1 heterocycles. The Morgan fingerprint density at radius 3 is 2.55 bits per heavy atom. The Balaban J connectivity index is 2.11. The van der Waals surface area contributed by atoms with Crippen LogP contribution in [0.4, 0.5) is 24.7 Å². The van der Waals surface area contributed by atoms with Gasteiger partial charge in [-0.15, -0.1) is 0 Å². The molecule has 0 spiro atoms. The van der Waals surface area contributed by atoms with E-state index < -0.39 is 29.0 Å². The van der Waals surface area contributed by atoms with Crippen molar-refractivity contribution in [3.63, 3.8) is 0 Å². The molecule has 2 aromatic rings. The van der Waals surface area contributed by atoms with E-state index in [0.29, 0.717) is 12.4 Å². The molecule has 0 bridgehead atoms. The summed E-state index contributed by atoms with van der Waals surface area (Å²) < 4.78 is 39.4. The quantitative estimate of drug-likeness (QED) is 0.833. The van der Waals surface area contributed by atoms with Crippen LogP contribution in [0.2, 0.25) is 0 Å². The molecule has 2 rings (SSSR count). The molecule has 0 fully saturated rings. The predicted molar refractivity (Wildman–Crippen MR) is 75.1 cm³/mol. The number of nitrogens with one attached hydrogen (secondary N) is 2. The van der Waals surface area contributed by atoms with Crippen LogP contribution in [-0.2, 0) is 0 Å². The number of carbonyl (C=O) groups is 1. The van der Waals surface area contributed by atoms with E-state index in [2.05, 4.69) is 20.6 Å². The lowest BCUT2D eigenvalue weighted by Crippen LogP contribution is -2.16. The standard InChI is InChI=1S/C14H13F3N4O/c1-2-5-18-11-7-19-10(6-20-11)14(22)21-9-4-3-8(15)12(16)13(9)17/h3-4,6-7H,2,5H2,1H3,(H,18,20)(H,21,22). The van der Waals surface area contributed by atoms with Crippen LogP contribution < -0.4 is 10.6 Å². The zero-order valence-electron chi connectivity index (χ0n) is 11.7. The van der Waals surface area contributed by atoms with Crippen LogP contribution in [0.25, 0.3) is 0 Å². The zero-order valence-corrected chi connectivity index (χ0v) is 11.7. The lowest BCUT2D eigenvalue weighted by atomic mass is 10.2. The van der Waals surface area contributed by atoms with Gasteiger partial charge in [-0.05, 0) is 18.6 Å². The fourth-order valence-electron chi connectivity index (χ4n) is 1.60. The second kappa shape index (κ2) is 6.88. The minimum atomic E-state index is -1.65. The SMILES string of the molecule is CCCNc1cnc(C(=O)Nc2ccc(F)c(F)c2F)cn1. The largest absolute Gasteiger partial charge is 0.369 e. The minimum Gasteiger partial charge on any atom is -0.369 e. The molecule has 0 unspecified atom stereocenters. The van der Waals surface area contributed by atoms with Gasteiger partial charge in [0.1, 0.15) is 11.5 Å². The van der Waals surface area contributed by atoms with Crippen molar-refractivity contribution in [2.75, 3.05) is 17.2 Å². The highest BCUT2D eigenvalue weighted by atomic mass is 19.2. The molecule has 1 amide bonds. The molecule has 2 N–H and O–H groups in total. The summed E-state index contributed by atoms with van der Waals surface area (Å²) in [6, 6.07) is 1.65. The van der Waals surface area contributed by atoms with Crippen LogP contribution in [0.3, 0.4) is 0 Å². The number of halogens is 3. The molecular formula is C14H13F3N4O. The number of carbonyl (C=O) groups excluding carboxylic acids is 1. The topological polar surface area (TPSA) is 66.9 Å². The van der Waals surface area contributed by atoms with E-state index in [9.17, 15) is 18.0 Å². The lowest BCUT2D eigenvalue weighted by Gasteiger charge is -2.07. The van der Waals surface area contributed by atoms with Crippen LogP contribution in [0.1, 0.15) is 23.8 Å². The maximum Gasteiger partial charge on any atom is 0.275 e. The molecule has 116 valence electrons. The minimum absolute atomic E-state index is 0.0776. The van der Waals surface area contributed by atoms with Crippen molar-refractivity contribution < 1.29 is 18.0 Å². The van der Waals surface area contributed by atoms with E-state index in [-0.39, 0.29) is 5.69 Å². The van der Waals surface area contributed by atoms with E-state index in [4.69, 9.17) is 0 Å². The molecule has 0 aliphatic carbocycles. The number of anilines is 2. The number of benzene rings is 1. The van der Waals surface area contributed by atoms with Gasteiger partial charge in [0.15, 0.2) is 17.5 Å². The van der Waals surface area contributed by atoms with Crippen molar-refractivity contribution in [1.29, 1.82) is 0 Å². The number of rotatable bonds is 5. The number of hydrogen-bond acceptors (Lipinski definition) is 4. The first-order valence-corrected chi connectivity index (χ1v) is 6.53. The zero-order chi connectivity index (χ0) is 16.1. The molecule has 0 atom stereocenters. The summed E-state index contributed by atoms with van der Waals surface area (Å²) in [5, 5.41) is 5.09. The smallest absolute Gasteiger partial charge is 0.275 e. The molecule has 22 heavy (non-hydrogen) atoms. The molecule has 0 saturated carbocycles. The maximum atomic E-state index is 13.5. The second-order valence-corrected chi connectivity index (χ2v) is 4.39. The average molecular weight is 310 g/mol. The Hall–Kier alpha value is -2.64. The van der Waals surface area contributed by atoms with Gasteiger partial charge >= 0.3 is 0 Å². The van der Waals surface area contributed by atoms with Crippen molar-refractivity contribution in [3.8, 4) is 0 Å². The molecule has 0 aliphatic rings. The summed E-state index contributed by atoms with van der Waals surface area (Å²) in [5.41, 5.74) is -0.551. The average Bonchev–Trinajstić information content (AvgIpc) is 2.54. The van der Waals surface area contributed by atoms with Crippen molar-refractivity contribution in [3.05, 3.63) is 47.7 Å². The van der Waals surface area contributed by atoms with Gasteiger partial charge in [-0.3, -0.25) is 4.79 Å². The Morgan fingerprint density at radius 2 is 1.91 bits per heavy atom. The predicted octanol–water partition coefficient (Wildman–Crippen LogP) is 2.97. The van der Waals surface area contributed by atoms with Gasteiger partial charge in [0, 0.05) is 6.54 Å². The summed E-state index contributed by atoms with van der Waals surface area (Å²) in [4.78, 5) is 19.7. The Bertz CT molecular complexity index is 677. The van der Waals surface area contributed by atoms with Crippen molar-refractivity contribution >= 4 is 17.4 Å². The van der Waals surface area contributed by atoms with Gasteiger partial charge < -0.3 is 10.6 Å². The third-order valence-corrected chi connectivity index (χ3v) is 2.72. The highest BCUT2D eigenvalue weighted by molar-refractivity contribution is 6.02. The second-order valence-electron chi connectivity index (χ2n) is 4.39. The normalized spacial score (nSPS) is 10.4. The first kappa shape index (κ1) is 15.7. The first-order chi connectivity index (χ1) is 10.5. The summed E-state index contributed by atoms with van der Waals surface area (Å²) in [6.45, 7) is 2.69. The molecular weight excluding hydrogens is 297 g/mol. The van der Waals surface area contributed by atoms with E-state index >= 15 is 0 Å². The van der Waals surface area contributed by atoms with Crippen LogP contribution in [0, 0.1) is 17.5 Å². The van der Waals surface area contributed by atoms with Crippen molar-refractivity contribution in [2.45, 2.75) is 13.3 Å². The molecule has 1 aromatic carbocycles. The summed E-state index contributed by atoms with van der Waals surface area (Å²) in [6.07, 6.45) is 3.45. The number of aromatic nitrogens is 2. The van der Waals surface area contributed by atoms with Crippen LogP contribution in [0.5, 0.6) is 0 Å². The Kier molecular flexibility index (Phi) is 4.92.